The topological polar surface area (TPSA) is 140 Å². The number of rotatable bonds is 14. The highest BCUT2D eigenvalue weighted by atomic mass is 32.2. The molecule has 2 aromatic carbocycles. The molecule has 3 fully saturated rings. The fourth-order valence-corrected chi connectivity index (χ4v) is 11.6. The minimum absolute atomic E-state index is 0.00641. The third-order valence-electron chi connectivity index (χ3n) is 11.3. The summed E-state index contributed by atoms with van der Waals surface area (Å²) in [5.41, 5.74) is -3.82. The van der Waals surface area contributed by atoms with Gasteiger partial charge in [0.05, 0.1) is 30.1 Å². The zero-order valence-electron chi connectivity index (χ0n) is 33.0. The average molecular weight is 878 g/mol. The normalized spacial score (nSPS) is 23.0. The van der Waals surface area contributed by atoms with Crippen molar-refractivity contribution >= 4 is 63.6 Å². The van der Waals surface area contributed by atoms with Crippen molar-refractivity contribution in [2.75, 3.05) is 25.4 Å². The molecule has 3 aliphatic rings. The Labute approximate surface area is 355 Å². The Hall–Kier alpha value is -4.68. The molecule has 316 valence electrons. The van der Waals surface area contributed by atoms with Crippen LogP contribution in [0.5, 0.6) is 5.75 Å². The number of aromatic nitrogens is 1. The summed E-state index contributed by atoms with van der Waals surface area (Å²) in [5, 5.41) is 3.04. The van der Waals surface area contributed by atoms with Crippen LogP contribution in [0.2, 0.25) is 0 Å². The first-order valence-corrected chi connectivity index (χ1v) is 23.5. The quantitative estimate of drug-likeness (QED) is 0.0749. The SMILES string of the molecule is [C-]#[N+][C@@H]1CN(C(=O)[C@@H]2CC[C@@H]3CCCC[C@H](NC(=O)c4cc5cc(C(F)(F)P(=O)(OCCSC(=O)CCC)Oc6cccnc6)ccc5s4)C(=O)N32)C[C@H]1c1ccccc1. The zero-order valence-corrected chi connectivity index (χ0v) is 35.6. The summed E-state index contributed by atoms with van der Waals surface area (Å²) < 4.78 is 57.9. The smallest absolute Gasteiger partial charge is 0.419 e. The number of carbonyl (C=O) groups is 4. The molecular formula is C43H46F2N5O7PS2. The van der Waals surface area contributed by atoms with Crippen LogP contribution in [0.4, 0.5) is 8.78 Å². The Morgan fingerprint density at radius 2 is 1.85 bits per heavy atom. The molecule has 1 unspecified atom stereocenters. The summed E-state index contributed by atoms with van der Waals surface area (Å²) in [6.45, 7) is 9.89. The van der Waals surface area contributed by atoms with Crippen LogP contribution in [0.3, 0.4) is 0 Å². The Morgan fingerprint density at radius 3 is 2.60 bits per heavy atom. The van der Waals surface area contributed by atoms with Gasteiger partial charge in [-0.1, -0.05) is 67.9 Å². The molecule has 6 atom stereocenters. The number of thiophene rings is 1. The van der Waals surface area contributed by atoms with E-state index in [0.717, 1.165) is 59.8 Å². The standard InChI is InChI=1S/C43H46F2N5O7PS2/c1-3-10-39(51)59-22-21-56-58(55,57-32-14-9-20-47-25-32)43(44,45)30-16-19-37-29(23-30)24-38(60-37)40(52)48-34-15-8-7-13-31-17-18-36(50(31)41(34)53)42(54)49-26-33(35(27-49)46-2)28-11-5-4-6-12-28/h4-6,9,11-12,14,16,19-20,23-25,31,33-36H,3,7-8,10,13,15,17-18,21-22,26-27H2,1H3,(H,48,52)/t31-,33-,34-,35+,36-,58?/m0/s1. The molecule has 2 aromatic heterocycles. The molecule has 4 aromatic rings. The molecule has 5 heterocycles. The highest BCUT2D eigenvalue weighted by Gasteiger charge is 2.57. The number of amides is 3. The van der Waals surface area contributed by atoms with Crippen molar-refractivity contribution in [1.29, 1.82) is 0 Å². The number of likely N-dealkylation sites (tertiary alicyclic amines) is 1. The molecule has 3 amide bonds. The van der Waals surface area contributed by atoms with E-state index >= 15 is 8.78 Å². The molecule has 3 saturated heterocycles. The minimum Gasteiger partial charge on any atom is -0.419 e. The molecule has 0 radical (unpaired) electrons. The Balaban J connectivity index is 1.06. The second-order valence-electron chi connectivity index (χ2n) is 15.2. The molecule has 3 aliphatic heterocycles. The lowest BCUT2D eigenvalue weighted by atomic mass is 9.95. The van der Waals surface area contributed by atoms with Gasteiger partial charge in [-0.05, 0) is 73.4 Å². The lowest BCUT2D eigenvalue weighted by Crippen LogP contribution is -2.56. The number of thioether (sulfide) groups is 1. The van der Waals surface area contributed by atoms with E-state index in [4.69, 9.17) is 15.6 Å². The van der Waals surface area contributed by atoms with Gasteiger partial charge in [0.25, 0.3) is 5.91 Å². The number of carbonyl (C=O) groups excluding carboxylic acids is 4. The van der Waals surface area contributed by atoms with Crippen LogP contribution in [0.15, 0.2) is 79.1 Å². The van der Waals surface area contributed by atoms with Gasteiger partial charge in [-0.15, -0.1) is 11.3 Å². The predicted molar refractivity (Wildman–Crippen MR) is 226 cm³/mol. The number of halogens is 2. The molecular weight excluding hydrogens is 832 g/mol. The molecule has 0 aliphatic carbocycles. The number of pyridine rings is 1. The van der Waals surface area contributed by atoms with E-state index in [0.29, 0.717) is 49.8 Å². The molecule has 17 heteroatoms. The third kappa shape index (κ3) is 9.29. The van der Waals surface area contributed by atoms with E-state index in [1.54, 1.807) is 9.80 Å². The maximum absolute atomic E-state index is 16.4. The van der Waals surface area contributed by atoms with Gasteiger partial charge in [-0.25, -0.2) is 11.1 Å². The fraction of sp³-hybridized carbons (Fsp3) is 0.442. The van der Waals surface area contributed by atoms with Crippen molar-refractivity contribution in [2.24, 2.45) is 0 Å². The summed E-state index contributed by atoms with van der Waals surface area (Å²) >= 11 is 1.96. The van der Waals surface area contributed by atoms with Gasteiger partial charge < -0.3 is 24.5 Å². The van der Waals surface area contributed by atoms with Crippen molar-refractivity contribution < 1.29 is 41.6 Å². The van der Waals surface area contributed by atoms with Crippen molar-refractivity contribution in [3.05, 3.63) is 107 Å². The Kier molecular flexibility index (Phi) is 13.7. The van der Waals surface area contributed by atoms with E-state index < -0.39 is 43.4 Å². The van der Waals surface area contributed by atoms with Crippen LogP contribution in [0, 0.1) is 6.57 Å². The number of hydrogen-bond donors (Lipinski definition) is 1. The largest absolute Gasteiger partial charge is 0.453 e. The van der Waals surface area contributed by atoms with Crippen LogP contribution >= 0.6 is 30.7 Å². The first kappa shape index (κ1) is 43.4. The molecule has 60 heavy (non-hydrogen) atoms. The van der Waals surface area contributed by atoms with Gasteiger partial charge >= 0.3 is 13.3 Å². The highest BCUT2D eigenvalue weighted by Crippen LogP contribution is 2.66. The Bertz CT molecular complexity index is 2290. The van der Waals surface area contributed by atoms with Gasteiger partial charge in [-0.2, -0.15) is 8.78 Å². The molecule has 7 rings (SSSR count). The van der Waals surface area contributed by atoms with Crippen molar-refractivity contribution in [1.82, 2.24) is 20.1 Å². The van der Waals surface area contributed by atoms with Gasteiger partial charge in [0, 0.05) is 41.2 Å². The van der Waals surface area contributed by atoms with E-state index in [1.165, 1.54) is 30.5 Å². The van der Waals surface area contributed by atoms with Crippen LogP contribution < -0.4 is 9.84 Å². The van der Waals surface area contributed by atoms with Crippen molar-refractivity contribution in [3.63, 3.8) is 0 Å². The maximum atomic E-state index is 16.4. The first-order chi connectivity index (χ1) is 28.9. The van der Waals surface area contributed by atoms with Gasteiger partial charge in [-0.3, -0.25) is 28.7 Å². The lowest BCUT2D eigenvalue weighted by Gasteiger charge is -2.36. The lowest BCUT2D eigenvalue weighted by molar-refractivity contribution is -0.146. The number of hydrogen-bond acceptors (Lipinski definition) is 10. The molecule has 0 spiro atoms. The molecule has 0 saturated carbocycles. The van der Waals surface area contributed by atoms with Gasteiger partial charge in [0.2, 0.25) is 17.9 Å². The van der Waals surface area contributed by atoms with Crippen LogP contribution in [-0.2, 0) is 29.1 Å². The zero-order chi connectivity index (χ0) is 42.4. The predicted octanol–water partition coefficient (Wildman–Crippen LogP) is 8.64. The number of benzene rings is 2. The maximum Gasteiger partial charge on any atom is 0.453 e. The summed E-state index contributed by atoms with van der Waals surface area (Å²) in [6.07, 6.45) is 7.27. The van der Waals surface area contributed by atoms with E-state index in [-0.39, 0.29) is 63.2 Å². The number of nitrogens with one attached hydrogen (secondary N) is 1. The summed E-state index contributed by atoms with van der Waals surface area (Å²) in [7, 11) is -5.28. The summed E-state index contributed by atoms with van der Waals surface area (Å²) in [5.74, 6) is -1.39. The monoisotopic (exact) mass is 877 g/mol. The van der Waals surface area contributed by atoms with Crippen LogP contribution in [0.1, 0.15) is 85.0 Å². The van der Waals surface area contributed by atoms with Gasteiger partial charge in [0.1, 0.15) is 17.8 Å². The average Bonchev–Trinajstić information content (AvgIpc) is 4.00. The Morgan fingerprint density at radius 1 is 1.05 bits per heavy atom. The number of alkyl halides is 2. The molecule has 12 nitrogen and oxygen atoms in total. The summed E-state index contributed by atoms with van der Waals surface area (Å²) in [6, 6.07) is 15.4. The highest BCUT2D eigenvalue weighted by molar-refractivity contribution is 8.13. The van der Waals surface area contributed by atoms with Gasteiger partial charge in [0.15, 0.2) is 5.12 Å². The second kappa shape index (κ2) is 18.9. The minimum atomic E-state index is -5.28. The summed E-state index contributed by atoms with van der Waals surface area (Å²) in [4.78, 5) is 65.5. The third-order valence-corrected chi connectivity index (χ3v) is 15.2. The molecule has 1 N–H and O–H groups in total. The number of fused-ring (bicyclic) bond motifs is 2. The van der Waals surface area contributed by atoms with E-state index in [2.05, 4.69) is 15.1 Å². The fourth-order valence-electron chi connectivity index (χ4n) is 8.27. The van der Waals surface area contributed by atoms with Crippen molar-refractivity contribution in [3.8, 4) is 5.75 Å². The second-order valence-corrected chi connectivity index (χ2v) is 19.5. The van der Waals surface area contributed by atoms with E-state index in [1.807, 2.05) is 37.3 Å². The number of nitrogens with zero attached hydrogens (tertiary/aromatic N) is 4. The molecule has 0 bridgehead atoms. The van der Waals surface area contributed by atoms with E-state index in [9.17, 15) is 23.7 Å². The van der Waals surface area contributed by atoms with Crippen LogP contribution in [0.25, 0.3) is 14.9 Å². The van der Waals surface area contributed by atoms with Crippen molar-refractivity contribution in [2.45, 2.75) is 94.0 Å². The van der Waals surface area contributed by atoms with Crippen LogP contribution in [-0.4, -0.2) is 87.2 Å². The first-order valence-electron chi connectivity index (χ1n) is 20.2.